The molecule has 2 amide bonds. The van der Waals surface area contributed by atoms with Crippen molar-refractivity contribution in [3.05, 3.63) is 46.4 Å². The smallest absolute Gasteiger partial charge is 0.234 e. The molecule has 0 radical (unpaired) electrons. The molecule has 1 aliphatic rings. The number of carbonyl (C=O) groups excluding carboxylic acids is 2. The minimum Gasteiger partial charge on any atom is -0.325 e. The van der Waals surface area contributed by atoms with Crippen molar-refractivity contribution in [3.8, 4) is 0 Å². The standard InChI is InChI=1S/C19H19BrN2O4S2/c1-11-3-5-15(14(20)7-11)21-18(23)8-12(2)28(25,26)13-4-6-17-16(9-13)22-19(24)10-27-17/h3-7,9,12H,8,10H2,1-2H3,(H,21,23)(H,22,24)/t12-/m1/s1. The van der Waals surface area contributed by atoms with Crippen molar-refractivity contribution in [2.45, 2.75) is 35.3 Å². The number of aryl methyl sites for hydroxylation is 1. The first kappa shape index (κ1) is 20.9. The number of carbonyl (C=O) groups is 2. The Morgan fingerprint density at radius 2 is 2.04 bits per heavy atom. The van der Waals surface area contributed by atoms with Crippen molar-refractivity contribution >= 4 is 60.7 Å². The monoisotopic (exact) mass is 482 g/mol. The van der Waals surface area contributed by atoms with E-state index in [0.717, 1.165) is 14.9 Å². The summed E-state index contributed by atoms with van der Waals surface area (Å²) in [6.07, 6.45) is -0.180. The molecular weight excluding hydrogens is 464 g/mol. The van der Waals surface area contributed by atoms with E-state index in [2.05, 4.69) is 26.6 Å². The summed E-state index contributed by atoms with van der Waals surface area (Å²) >= 11 is 4.75. The largest absolute Gasteiger partial charge is 0.325 e. The number of hydrogen-bond donors (Lipinski definition) is 2. The van der Waals surface area contributed by atoms with Crippen LogP contribution in [0.25, 0.3) is 0 Å². The van der Waals surface area contributed by atoms with E-state index in [1.54, 1.807) is 12.1 Å². The normalized spacial score (nSPS) is 14.8. The molecule has 28 heavy (non-hydrogen) atoms. The summed E-state index contributed by atoms with van der Waals surface area (Å²) in [5, 5.41) is 4.51. The molecule has 0 aliphatic carbocycles. The Bertz CT molecular complexity index is 1050. The van der Waals surface area contributed by atoms with Crippen molar-refractivity contribution in [2.75, 3.05) is 16.4 Å². The first-order valence-electron chi connectivity index (χ1n) is 8.53. The highest BCUT2D eigenvalue weighted by molar-refractivity contribution is 9.10. The average Bonchev–Trinajstić information content (AvgIpc) is 2.63. The predicted octanol–water partition coefficient (Wildman–Crippen LogP) is 3.99. The first-order valence-corrected chi connectivity index (χ1v) is 11.9. The Balaban J connectivity index is 1.74. The fraction of sp³-hybridized carbons (Fsp3) is 0.263. The fourth-order valence-electron chi connectivity index (χ4n) is 2.77. The molecule has 1 atom stereocenters. The van der Waals surface area contributed by atoms with E-state index in [9.17, 15) is 18.0 Å². The molecule has 0 bridgehead atoms. The quantitative estimate of drug-likeness (QED) is 0.671. The molecule has 0 spiro atoms. The second-order valence-corrected chi connectivity index (χ2v) is 10.8. The lowest BCUT2D eigenvalue weighted by atomic mass is 10.2. The zero-order valence-corrected chi connectivity index (χ0v) is 18.5. The highest BCUT2D eigenvalue weighted by atomic mass is 79.9. The van der Waals surface area contributed by atoms with E-state index < -0.39 is 15.1 Å². The maximum atomic E-state index is 12.9. The Labute approximate surface area is 176 Å². The number of nitrogens with one attached hydrogen (secondary N) is 2. The lowest BCUT2D eigenvalue weighted by Crippen LogP contribution is -2.25. The maximum absolute atomic E-state index is 12.9. The highest BCUT2D eigenvalue weighted by Gasteiger charge is 2.27. The first-order chi connectivity index (χ1) is 13.2. The van der Waals surface area contributed by atoms with E-state index in [1.807, 2.05) is 19.1 Å². The van der Waals surface area contributed by atoms with Crippen molar-refractivity contribution in [1.29, 1.82) is 0 Å². The Morgan fingerprint density at radius 1 is 1.29 bits per heavy atom. The number of anilines is 2. The molecule has 0 saturated carbocycles. The van der Waals surface area contributed by atoms with Gasteiger partial charge in [0.05, 0.1) is 27.3 Å². The molecule has 3 rings (SSSR count). The van der Waals surface area contributed by atoms with Crippen LogP contribution in [0.4, 0.5) is 11.4 Å². The molecule has 1 aliphatic heterocycles. The molecule has 2 aromatic carbocycles. The fourth-order valence-corrected chi connectivity index (χ4v) is 5.52. The van der Waals surface area contributed by atoms with Crippen LogP contribution in [0.2, 0.25) is 0 Å². The number of amides is 2. The third-order valence-corrected chi connectivity index (χ3v) is 8.18. The number of hydrogen-bond acceptors (Lipinski definition) is 5. The average molecular weight is 483 g/mol. The van der Waals surface area contributed by atoms with Crippen LogP contribution in [0.3, 0.4) is 0 Å². The molecule has 0 saturated heterocycles. The zero-order valence-electron chi connectivity index (χ0n) is 15.3. The second-order valence-electron chi connectivity index (χ2n) is 6.59. The van der Waals surface area contributed by atoms with Gasteiger partial charge in [0.15, 0.2) is 9.84 Å². The van der Waals surface area contributed by atoms with Crippen LogP contribution >= 0.6 is 27.7 Å². The van der Waals surface area contributed by atoms with E-state index >= 15 is 0 Å². The van der Waals surface area contributed by atoms with Gasteiger partial charge in [0.25, 0.3) is 0 Å². The van der Waals surface area contributed by atoms with Gasteiger partial charge in [0.2, 0.25) is 11.8 Å². The van der Waals surface area contributed by atoms with Crippen molar-refractivity contribution in [2.24, 2.45) is 0 Å². The number of fused-ring (bicyclic) bond motifs is 1. The molecule has 1 heterocycles. The predicted molar refractivity (Wildman–Crippen MR) is 115 cm³/mol. The summed E-state index contributed by atoms with van der Waals surface area (Å²) in [5.41, 5.74) is 2.12. The van der Waals surface area contributed by atoms with E-state index in [4.69, 9.17) is 0 Å². The Hall–Kier alpha value is -1.84. The van der Waals surface area contributed by atoms with Gasteiger partial charge in [0, 0.05) is 15.8 Å². The van der Waals surface area contributed by atoms with Gasteiger partial charge in [-0.1, -0.05) is 6.07 Å². The molecule has 0 unspecified atom stereocenters. The Kier molecular flexibility index (Phi) is 6.16. The van der Waals surface area contributed by atoms with Gasteiger partial charge in [-0.15, -0.1) is 11.8 Å². The summed E-state index contributed by atoms with van der Waals surface area (Å²) in [5.74, 6) is -0.241. The molecule has 2 N–H and O–H groups in total. The molecular formula is C19H19BrN2O4S2. The third kappa shape index (κ3) is 4.59. The van der Waals surface area contributed by atoms with Crippen LogP contribution in [0.5, 0.6) is 0 Å². The minimum absolute atomic E-state index is 0.0888. The SMILES string of the molecule is Cc1ccc(NC(=O)C[C@@H](C)S(=O)(=O)c2ccc3c(c2)NC(=O)CS3)c(Br)c1. The lowest BCUT2D eigenvalue weighted by molar-refractivity contribution is -0.116. The summed E-state index contributed by atoms with van der Waals surface area (Å²) in [7, 11) is -3.73. The number of sulfone groups is 1. The van der Waals surface area contributed by atoms with Crippen LogP contribution in [0, 0.1) is 6.92 Å². The van der Waals surface area contributed by atoms with E-state index in [1.165, 1.54) is 30.8 Å². The second kappa shape index (κ2) is 8.26. The molecule has 9 heteroatoms. The van der Waals surface area contributed by atoms with Gasteiger partial charge in [-0.2, -0.15) is 0 Å². The van der Waals surface area contributed by atoms with E-state index in [-0.39, 0.29) is 23.1 Å². The van der Waals surface area contributed by atoms with Gasteiger partial charge in [-0.25, -0.2) is 8.42 Å². The van der Waals surface area contributed by atoms with Crippen LogP contribution in [0.1, 0.15) is 18.9 Å². The maximum Gasteiger partial charge on any atom is 0.234 e. The molecule has 2 aromatic rings. The van der Waals surface area contributed by atoms with Crippen molar-refractivity contribution < 1.29 is 18.0 Å². The van der Waals surface area contributed by atoms with Crippen molar-refractivity contribution in [3.63, 3.8) is 0 Å². The van der Waals surface area contributed by atoms with Gasteiger partial charge < -0.3 is 10.6 Å². The van der Waals surface area contributed by atoms with Crippen LogP contribution in [0.15, 0.2) is 50.7 Å². The zero-order chi connectivity index (χ0) is 20.5. The summed E-state index contributed by atoms with van der Waals surface area (Å²) in [4.78, 5) is 24.8. The van der Waals surface area contributed by atoms with Crippen LogP contribution in [-0.2, 0) is 19.4 Å². The number of benzene rings is 2. The van der Waals surface area contributed by atoms with E-state index in [0.29, 0.717) is 17.1 Å². The molecule has 0 aromatic heterocycles. The summed E-state index contributed by atoms with van der Waals surface area (Å²) < 4.78 is 26.5. The van der Waals surface area contributed by atoms with Gasteiger partial charge in [-0.3, -0.25) is 9.59 Å². The van der Waals surface area contributed by atoms with Gasteiger partial charge >= 0.3 is 0 Å². The lowest BCUT2D eigenvalue weighted by Gasteiger charge is -2.19. The minimum atomic E-state index is -3.73. The van der Waals surface area contributed by atoms with Gasteiger partial charge in [0.1, 0.15) is 0 Å². The number of halogens is 1. The molecule has 6 nitrogen and oxygen atoms in total. The number of rotatable bonds is 5. The van der Waals surface area contributed by atoms with Gasteiger partial charge in [-0.05, 0) is 65.7 Å². The highest BCUT2D eigenvalue weighted by Crippen LogP contribution is 2.34. The summed E-state index contributed by atoms with van der Waals surface area (Å²) in [6, 6.07) is 10.2. The topological polar surface area (TPSA) is 92.3 Å². The van der Waals surface area contributed by atoms with Crippen LogP contribution in [-0.4, -0.2) is 31.2 Å². The molecule has 148 valence electrons. The Morgan fingerprint density at radius 3 is 2.75 bits per heavy atom. The number of thioether (sulfide) groups is 1. The van der Waals surface area contributed by atoms with Crippen LogP contribution < -0.4 is 10.6 Å². The van der Waals surface area contributed by atoms with Crippen molar-refractivity contribution in [1.82, 2.24) is 0 Å². The molecule has 0 fully saturated rings. The third-order valence-electron chi connectivity index (χ3n) is 4.31. The summed E-state index contributed by atoms with van der Waals surface area (Å²) in [6.45, 7) is 3.44.